The number of nitrogens with one attached hydrogen (secondary N) is 1. The molecule has 3 aromatic carbocycles. The van der Waals surface area contributed by atoms with Crippen LogP contribution in [-0.4, -0.2) is 18.0 Å². The Labute approximate surface area is 183 Å². The van der Waals surface area contributed by atoms with Gasteiger partial charge in [-0.25, -0.2) is 4.79 Å². The third kappa shape index (κ3) is 4.17. The highest BCUT2D eigenvalue weighted by atomic mass is 16.2. The number of anilines is 3. The maximum Gasteiger partial charge on any atom is 0.326 e. The minimum atomic E-state index is -0.196. The van der Waals surface area contributed by atoms with Gasteiger partial charge in [0.15, 0.2) is 0 Å². The molecule has 158 valence electrons. The number of rotatable bonds is 4. The molecule has 4 rings (SSSR count). The number of fused-ring (bicyclic) bond motifs is 1. The SMILES string of the molecule is CCC(=O)N1c2ccccc2[C@@H](N(C(=O)Nc2ccccc2)c2ccccc2)C[C@H]1C. The highest BCUT2D eigenvalue weighted by molar-refractivity contribution is 6.03. The zero-order chi connectivity index (χ0) is 21.8. The Morgan fingerprint density at radius 2 is 1.55 bits per heavy atom. The van der Waals surface area contributed by atoms with Gasteiger partial charge in [-0.15, -0.1) is 0 Å². The number of hydrogen-bond donors (Lipinski definition) is 1. The number of para-hydroxylation sites is 3. The van der Waals surface area contributed by atoms with Crippen molar-refractivity contribution < 1.29 is 9.59 Å². The minimum Gasteiger partial charge on any atom is -0.309 e. The van der Waals surface area contributed by atoms with E-state index in [0.717, 1.165) is 22.6 Å². The van der Waals surface area contributed by atoms with Crippen molar-refractivity contribution in [2.75, 3.05) is 15.1 Å². The molecular formula is C26H27N3O2. The lowest BCUT2D eigenvalue weighted by Gasteiger charge is -2.43. The van der Waals surface area contributed by atoms with Gasteiger partial charge >= 0.3 is 6.03 Å². The molecule has 0 aromatic heterocycles. The topological polar surface area (TPSA) is 52.7 Å². The van der Waals surface area contributed by atoms with Crippen LogP contribution in [0.25, 0.3) is 0 Å². The molecule has 0 unspecified atom stereocenters. The van der Waals surface area contributed by atoms with E-state index in [-0.39, 0.29) is 24.0 Å². The zero-order valence-electron chi connectivity index (χ0n) is 17.9. The lowest BCUT2D eigenvalue weighted by molar-refractivity contribution is -0.118. The van der Waals surface area contributed by atoms with Crippen molar-refractivity contribution in [1.82, 2.24) is 0 Å². The van der Waals surface area contributed by atoms with Gasteiger partial charge in [-0.05, 0) is 49.2 Å². The quantitative estimate of drug-likeness (QED) is 0.570. The van der Waals surface area contributed by atoms with E-state index in [1.807, 2.05) is 102 Å². The van der Waals surface area contributed by atoms with Gasteiger partial charge in [-0.3, -0.25) is 9.69 Å². The average molecular weight is 414 g/mol. The van der Waals surface area contributed by atoms with Crippen LogP contribution in [0.1, 0.15) is 38.3 Å². The fourth-order valence-corrected chi connectivity index (χ4v) is 4.31. The van der Waals surface area contributed by atoms with Gasteiger partial charge in [-0.2, -0.15) is 0 Å². The van der Waals surface area contributed by atoms with Gasteiger partial charge in [0, 0.05) is 29.5 Å². The van der Waals surface area contributed by atoms with Crippen LogP contribution in [0.15, 0.2) is 84.9 Å². The van der Waals surface area contributed by atoms with Crippen molar-refractivity contribution in [3.05, 3.63) is 90.5 Å². The van der Waals surface area contributed by atoms with Gasteiger partial charge in [0.25, 0.3) is 0 Å². The van der Waals surface area contributed by atoms with Crippen molar-refractivity contribution in [2.45, 2.75) is 38.8 Å². The van der Waals surface area contributed by atoms with Gasteiger partial charge in [0.1, 0.15) is 0 Å². The lowest BCUT2D eigenvalue weighted by Crippen LogP contribution is -2.48. The van der Waals surface area contributed by atoms with E-state index >= 15 is 0 Å². The minimum absolute atomic E-state index is 0.0249. The summed E-state index contributed by atoms with van der Waals surface area (Å²) in [6.07, 6.45) is 1.10. The van der Waals surface area contributed by atoms with Crippen molar-refractivity contribution in [3.63, 3.8) is 0 Å². The summed E-state index contributed by atoms with van der Waals surface area (Å²) in [6.45, 7) is 3.93. The third-order valence-corrected chi connectivity index (χ3v) is 5.72. The van der Waals surface area contributed by atoms with Crippen LogP contribution in [0.4, 0.5) is 21.9 Å². The zero-order valence-corrected chi connectivity index (χ0v) is 17.9. The van der Waals surface area contributed by atoms with E-state index in [2.05, 4.69) is 12.2 Å². The number of benzene rings is 3. The van der Waals surface area contributed by atoms with Gasteiger partial charge < -0.3 is 10.2 Å². The molecule has 0 radical (unpaired) electrons. The van der Waals surface area contributed by atoms with Crippen LogP contribution in [0.5, 0.6) is 0 Å². The first-order valence-corrected chi connectivity index (χ1v) is 10.7. The van der Waals surface area contributed by atoms with E-state index in [4.69, 9.17) is 0 Å². The van der Waals surface area contributed by atoms with Crippen LogP contribution in [0, 0.1) is 0 Å². The Balaban J connectivity index is 1.77. The number of urea groups is 1. The average Bonchev–Trinajstić information content (AvgIpc) is 2.80. The summed E-state index contributed by atoms with van der Waals surface area (Å²) >= 11 is 0. The molecule has 0 fully saturated rings. The maximum atomic E-state index is 13.5. The smallest absolute Gasteiger partial charge is 0.309 e. The van der Waals surface area contributed by atoms with Crippen LogP contribution in [0.2, 0.25) is 0 Å². The highest BCUT2D eigenvalue weighted by Crippen LogP contribution is 2.42. The molecule has 31 heavy (non-hydrogen) atoms. The third-order valence-electron chi connectivity index (χ3n) is 5.72. The summed E-state index contributed by atoms with van der Waals surface area (Å²) in [7, 11) is 0. The Morgan fingerprint density at radius 3 is 2.23 bits per heavy atom. The van der Waals surface area contributed by atoms with E-state index in [0.29, 0.717) is 12.8 Å². The first kappa shape index (κ1) is 20.7. The molecular weight excluding hydrogens is 386 g/mol. The molecule has 1 aliphatic rings. The first-order valence-electron chi connectivity index (χ1n) is 10.7. The van der Waals surface area contributed by atoms with E-state index in [9.17, 15) is 9.59 Å². The summed E-state index contributed by atoms with van der Waals surface area (Å²) < 4.78 is 0. The number of hydrogen-bond acceptors (Lipinski definition) is 2. The summed E-state index contributed by atoms with van der Waals surface area (Å²) in [5, 5.41) is 3.04. The largest absolute Gasteiger partial charge is 0.326 e. The molecule has 1 heterocycles. The molecule has 2 atom stereocenters. The van der Waals surface area contributed by atoms with Crippen molar-refractivity contribution in [2.24, 2.45) is 0 Å². The second kappa shape index (κ2) is 9.04. The number of carbonyl (C=O) groups is 2. The van der Waals surface area contributed by atoms with Crippen LogP contribution in [0.3, 0.4) is 0 Å². The summed E-state index contributed by atoms with van der Waals surface area (Å²) in [5.41, 5.74) is 3.42. The predicted octanol–water partition coefficient (Wildman–Crippen LogP) is 6.00. The van der Waals surface area contributed by atoms with Crippen molar-refractivity contribution in [3.8, 4) is 0 Å². The normalized spacial score (nSPS) is 17.5. The number of carbonyl (C=O) groups excluding carboxylic acids is 2. The first-order chi connectivity index (χ1) is 15.1. The predicted molar refractivity (Wildman–Crippen MR) is 125 cm³/mol. The standard InChI is InChI=1S/C26H27N3O2/c1-3-25(30)28-19(2)18-24(22-16-10-11-17-23(22)28)29(21-14-8-5-9-15-21)26(31)27-20-12-6-4-7-13-20/h4-17,19,24H,3,18H2,1-2H3,(H,27,31)/t19-,24+/m1/s1. The molecule has 0 saturated heterocycles. The van der Waals surface area contributed by atoms with Gasteiger partial charge in [0.2, 0.25) is 5.91 Å². The Kier molecular flexibility index (Phi) is 6.03. The molecule has 0 aliphatic carbocycles. The summed E-state index contributed by atoms with van der Waals surface area (Å²) in [6, 6.07) is 26.7. The molecule has 5 heteroatoms. The molecule has 3 amide bonds. The Hall–Kier alpha value is -3.60. The molecule has 1 N–H and O–H groups in total. The van der Waals surface area contributed by atoms with Crippen LogP contribution < -0.4 is 15.1 Å². The fourth-order valence-electron chi connectivity index (χ4n) is 4.31. The summed E-state index contributed by atoms with van der Waals surface area (Å²) in [4.78, 5) is 29.9. The summed E-state index contributed by atoms with van der Waals surface area (Å²) in [5.74, 6) is 0.0957. The monoisotopic (exact) mass is 413 g/mol. The van der Waals surface area contributed by atoms with E-state index < -0.39 is 0 Å². The highest BCUT2D eigenvalue weighted by Gasteiger charge is 2.38. The molecule has 1 aliphatic heterocycles. The van der Waals surface area contributed by atoms with E-state index in [1.54, 1.807) is 0 Å². The number of amides is 3. The second-order valence-corrected chi connectivity index (χ2v) is 7.78. The van der Waals surface area contributed by atoms with Gasteiger partial charge in [0.05, 0.1) is 6.04 Å². The van der Waals surface area contributed by atoms with Crippen molar-refractivity contribution in [1.29, 1.82) is 0 Å². The Bertz CT molecular complexity index is 1050. The molecule has 5 nitrogen and oxygen atoms in total. The van der Waals surface area contributed by atoms with Crippen LogP contribution in [-0.2, 0) is 4.79 Å². The Morgan fingerprint density at radius 1 is 0.935 bits per heavy atom. The number of nitrogens with zero attached hydrogens (tertiary/aromatic N) is 2. The molecule has 0 bridgehead atoms. The maximum absolute atomic E-state index is 13.5. The lowest BCUT2D eigenvalue weighted by atomic mass is 9.90. The second-order valence-electron chi connectivity index (χ2n) is 7.78. The van der Waals surface area contributed by atoms with E-state index in [1.165, 1.54) is 0 Å². The molecule has 0 spiro atoms. The van der Waals surface area contributed by atoms with Crippen LogP contribution >= 0.6 is 0 Å². The van der Waals surface area contributed by atoms with Gasteiger partial charge in [-0.1, -0.05) is 61.5 Å². The molecule has 3 aromatic rings. The molecule has 0 saturated carbocycles. The fraction of sp³-hybridized carbons (Fsp3) is 0.231. The van der Waals surface area contributed by atoms with Crippen molar-refractivity contribution >= 4 is 29.0 Å².